The number of piperidine rings is 1. The number of hydrogen-bond acceptors (Lipinski definition) is 6. The summed E-state index contributed by atoms with van der Waals surface area (Å²) in [6, 6.07) is 0.0568. The van der Waals surface area contributed by atoms with E-state index in [1.54, 1.807) is 11.9 Å². The van der Waals surface area contributed by atoms with Crippen molar-refractivity contribution in [2.45, 2.75) is 63.7 Å². The van der Waals surface area contributed by atoms with Gasteiger partial charge in [-0.2, -0.15) is 26.3 Å². The van der Waals surface area contributed by atoms with Gasteiger partial charge in [0.15, 0.2) is 5.60 Å². The second-order valence-corrected chi connectivity index (χ2v) is 8.36. The Bertz CT molecular complexity index is 914. The topological polar surface area (TPSA) is 111 Å². The van der Waals surface area contributed by atoms with E-state index in [9.17, 15) is 31.1 Å². The first-order valence-electron chi connectivity index (χ1n) is 10.2. The number of hydrogen-bond donors (Lipinski definition) is 2. The van der Waals surface area contributed by atoms with Gasteiger partial charge in [0.1, 0.15) is 17.2 Å². The molecule has 1 aromatic rings. The number of imidazole rings is 1. The van der Waals surface area contributed by atoms with Gasteiger partial charge in [-0.05, 0) is 33.2 Å². The molecular formula is C19H25F6N5O4. The van der Waals surface area contributed by atoms with E-state index in [4.69, 9.17) is 14.7 Å². The van der Waals surface area contributed by atoms with E-state index in [2.05, 4.69) is 15.1 Å². The third-order valence-electron chi connectivity index (χ3n) is 5.35. The molecule has 1 saturated heterocycles. The summed E-state index contributed by atoms with van der Waals surface area (Å²) >= 11 is 0. The number of aromatic amines is 1. The highest BCUT2D eigenvalue weighted by atomic mass is 19.4. The molecule has 2 aliphatic heterocycles. The van der Waals surface area contributed by atoms with Crippen molar-refractivity contribution in [3.8, 4) is 0 Å². The van der Waals surface area contributed by atoms with Crippen molar-refractivity contribution < 1.29 is 45.9 Å². The highest BCUT2D eigenvalue weighted by Crippen LogP contribution is 2.34. The molecule has 2 N–H and O–H groups in total. The first-order valence-corrected chi connectivity index (χ1v) is 10.2. The van der Waals surface area contributed by atoms with E-state index in [-0.39, 0.29) is 24.3 Å². The summed E-state index contributed by atoms with van der Waals surface area (Å²) in [5, 5.41) is 11.1. The van der Waals surface area contributed by atoms with Crippen molar-refractivity contribution in [1.29, 1.82) is 0 Å². The molecule has 0 saturated carbocycles. The zero-order chi connectivity index (χ0) is 25.9. The fourth-order valence-corrected chi connectivity index (χ4v) is 3.42. The number of carbonyl (C=O) groups excluding carboxylic acids is 1. The number of H-pyrrole nitrogens is 1. The number of nitrogens with zero attached hydrogens (tertiary/aromatic N) is 4. The Morgan fingerprint density at radius 2 is 1.91 bits per heavy atom. The molecule has 1 atom stereocenters. The number of aliphatic carboxylic acids is 1. The minimum atomic E-state index is -5.08. The van der Waals surface area contributed by atoms with Crippen LogP contribution in [0.2, 0.25) is 0 Å². The summed E-state index contributed by atoms with van der Waals surface area (Å²) in [7, 11) is 1.73. The van der Waals surface area contributed by atoms with Gasteiger partial charge >= 0.3 is 18.3 Å². The average Bonchev–Trinajstić information content (AvgIpc) is 3.34. The molecule has 15 heteroatoms. The van der Waals surface area contributed by atoms with Crippen molar-refractivity contribution in [2.24, 2.45) is 5.16 Å². The predicted octanol–water partition coefficient (Wildman–Crippen LogP) is 3.04. The Labute approximate surface area is 190 Å². The van der Waals surface area contributed by atoms with Gasteiger partial charge in [-0.15, -0.1) is 0 Å². The summed E-state index contributed by atoms with van der Waals surface area (Å²) in [4.78, 5) is 36.8. The van der Waals surface area contributed by atoms with Crippen molar-refractivity contribution >= 4 is 17.6 Å². The number of alkyl halides is 6. The number of carbonyl (C=O) groups is 2. The van der Waals surface area contributed by atoms with Crippen LogP contribution in [-0.4, -0.2) is 80.4 Å². The lowest BCUT2D eigenvalue weighted by Gasteiger charge is -2.37. The van der Waals surface area contributed by atoms with Gasteiger partial charge in [0.2, 0.25) is 0 Å². The zero-order valence-corrected chi connectivity index (χ0v) is 18.6. The van der Waals surface area contributed by atoms with Crippen LogP contribution in [0.25, 0.3) is 0 Å². The molecule has 1 fully saturated rings. The number of halogens is 6. The van der Waals surface area contributed by atoms with Gasteiger partial charge in [0, 0.05) is 26.1 Å². The fraction of sp³-hybridized carbons (Fsp3) is 0.684. The minimum absolute atomic E-state index is 0.0568. The van der Waals surface area contributed by atoms with E-state index < -0.39 is 29.6 Å². The van der Waals surface area contributed by atoms with Crippen LogP contribution < -0.4 is 0 Å². The van der Waals surface area contributed by atoms with E-state index >= 15 is 0 Å². The molecule has 1 aromatic heterocycles. The van der Waals surface area contributed by atoms with Crippen LogP contribution in [0.1, 0.15) is 44.6 Å². The maximum absolute atomic E-state index is 12.7. The number of amides is 1. The maximum atomic E-state index is 12.7. The molecule has 3 rings (SSSR count). The van der Waals surface area contributed by atoms with Crippen LogP contribution in [-0.2, 0) is 27.1 Å². The number of oxime groups is 1. The van der Waals surface area contributed by atoms with Crippen molar-refractivity contribution in [2.75, 3.05) is 20.1 Å². The van der Waals surface area contributed by atoms with Crippen molar-refractivity contribution in [1.82, 2.24) is 19.8 Å². The smallest absolute Gasteiger partial charge is 0.475 e. The lowest BCUT2D eigenvalue weighted by molar-refractivity contribution is -0.192. The van der Waals surface area contributed by atoms with Gasteiger partial charge in [0.25, 0.3) is 5.91 Å². The summed E-state index contributed by atoms with van der Waals surface area (Å²) in [5.41, 5.74) is -1.06. The summed E-state index contributed by atoms with van der Waals surface area (Å²) in [6.45, 7) is 5.31. The van der Waals surface area contributed by atoms with Crippen LogP contribution in [0.4, 0.5) is 26.3 Å². The normalized spacial score (nSPS) is 21.1. The number of likely N-dealkylation sites (tertiary alicyclic amines) is 1. The number of carboxylic acids is 1. The van der Waals surface area contributed by atoms with Gasteiger partial charge < -0.3 is 19.8 Å². The van der Waals surface area contributed by atoms with Crippen LogP contribution in [0.3, 0.4) is 0 Å². The van der Waals surface area contributed by atoms with Gasteiger partial charge in [-0.3, -0.25) is 9.69 Å². The average molecular weight is 501 g/mol. The Morgan fingerprint density at radius 1 is 1.29 bits per heavy atom. The predicted molar refractivity (Wildman–Crippen MR) is 106 cm³/mol. The fourth-order valence-electron chi connectivity index (χ4n) is 3.42. The van der Waals surface area contributed by atoms with Crippen LogP contribution in [0, 0.1) is 0 Å². The molecule has 9 nitrogen and oxygen atoms in total. The highest BCUT2D eigenvalue weighted by Gasteiger charge is 2.45. The monoisotopic (exact) mass is 501 g/mol. The molecule has 1 spiro atoms. The molecule has 0 aliphatic carbocycles. The Balaban J connectivity index is 0.000000509. The molecule has 0 radical (unpaired) electrons. The van der Waals surface area contributed by atoms with Crippen LogP contribution in [0.5, 0.6) is 0 Å². The number of carboxylic acid groups (broad SMARTS) is 1. The molecule has 1 unspecified atom stereocenters. The minimum Gasteiger partial charge on any atom is -0.475 e. The largest absolute Gasteiger partial charge is 0.490 e. The van der Waals surface area contributed by atoms with Crippen molar-refractivity contribution in [3.63, 3.8) is 0 Å². The molecule has 34 heavy (non-hydrogen) atoms. The lowest BCUT2D eigenvalue weighted by atomic mass is 9.88. The molecule has 0 aromatic carbocycles. The van der Waals surface area contributed by atoms with Crippen molar-refractivity contribution in [3.05, 3.63) is 17.7 Å². The van der Waals surface area contributed by atoms with E-state index in [1.165, 1.54) is 0 Å². The van der Waals surface area contributed by atoms with E-state index in [0.29, 0.717) is 18.7 Å². The third kappa shape index (κ3) is 7.08. The highest BCUT2D eigenvalue weighted by molar-refractivity contribution is 6.39. The molecule has 0 bridgehead atoms. The van der Waals surface area contributed by atoms with Crippen LogP contribution in [0.15, 0.2) is 11.4 Å². The molecule has 2 aliphatic rings. The molecule has 3 heterocycles. The molecular weight excluding hydrogens is 476 g/mol. The van der Waals surface area contributed by atoms with E-state index in [1.807, 2.05) is 18.7 Å². The number of aromatic nitrogens is 2. The zero-order valence-electron chi connectivity index (χ0n) is 18.6. The Morgan fingerprint density at radius 3 is 2.41 bits per heavy atom. The second-order valence-electron chi connectivity index (χ2n) is 8.36. The summed E-state index contributed by atoms with van der Waals surface area (Å²) in [5.74, 6) is -2.65. The third-order valence-corrected chi connectivity index (χ3v) is 5.35. The first kappa shape index (κ1) is 27.4. The number of rotatable bonds is 4. The lowest BCUT2D eigenvalue weighted by Crippen LogP contribution is -2.49. The van der Waals surface area contributed by atoms with Gasteiger partial charge in [0.05, 0.1) is 12.7 Å². The first-order chi connectivity index (χ1) is 15.5. The number of nitrogens with one attached hydrogen (secondary N) is 1. The van der Waals surface area contributed by atoms with Crippen LogP contribution >= 0.6 is 0 Å². The second kappa shape index (κ2) is 10.2. The maximum Gasteiger partial charge on any atom is 0.490 e. The summed E-state index contributed by atoms with van der Waals surface area (Å²) < 4.78 is 69.9. The van der Waals surface area contributed by atoms with E-state index in [0.717, 1.165) is 25.6 Å². The van der Waals surface area contributed by atoms with Gasteiger partial charge in [-0.25, -0.2) is 9.78 Å². The Hall–Kier alpha value is -2.84. The van der Waals surface area contributed by atoms with Gasteiger partial charge in [-0.1, -0.05) is 5.16 Å². The summed E-state index contributed by atoms with van der Waals surface area (Å²) in [6.07, 6.45) is -6.74. The Kier molecular flexibility index (Phi) is 8.22. The quantitative estimate of drug-likeness (QED) is 0.614. The standard InChI is InChI=1S/C17H24F3N5O2.C2HF3O2/c1-11(2)24(3)15(26)12-7-16(27-23-12)5-4-6-25(10-16)9-14-21-8-13(22-14)17(18,19)20;3-2(4,5)1(6)7/h8,11H,4-7,9-10H2,1-3H3,(H,21,22);(H,6,7). The molecule has 1 amide bonds. The molecule has 192 valence electrons. The SMILES string of the molecule is CC(C)N(C)C(=O)C1=NOC2(CCCN(Cc3ncc(C(F)(F)F)[nH]3)C2)C1.O=C(O)C(F)(F)F.